The van der Waals surface area contributed by atoms with Crippen LogP contribution >= 0.6 is 11.3 Å². The molecule has 1 aromatic heterocycles. The summed E-state index contributed by atoms with van der Waals surface area (Å²) in [6.45, 7) is 2.32. The molecule has 2 aromatic carbocycles. The van der Waals surface area contributed by atoms with Gasteiger partial charge in [0.25, 0.3) is 11.6 Å². The van der Waals surface area contributed by atoms with Gasteiger partial charge in [0.2, 0.25) is 0 Å². The Labute approximate surface area is 159 Å². The van der Waals surface area contributed by atoms with Crippen molar-refractivity contribution < 1.29 is 9.72 Å². The molecule has 27 heavy (non-hydrogen) atoms. The summed E-state index contributed by atoms with van der Waals surface area (Å²) >= 11 is 1.40. The van der Waals surface area contributed by atoms with Crippen LogP contribution in [0.1, 0.15) is 11.1 Å². The number of non-ortho nitro benzene ring substituents is 1. The van der Waals surface area contributed by atoms with E-state index in [0.717, 1.165) is 15.8 Å². The second kappa shape index (κ2) is 7.81. The van der Waals surface area contributed by atoms with Gasteiger partial charge in [0.15, 0.2) is 4.80 Å². The van der Waals surface area contributed by atoms with E-state index >= 15 is 0 Å². The molecule has 0 fully saturated rings. The minimum Gasteiger partial charge on any atom is -0.305 e. The molecule has 3 aromatic rings. The summed E-state index contributed by atoms with van der Waals surface area (Å²) in [6, 6.07) is 11.9. The van der Waals surface area contributed by atoms with Gasteiger partial charge in [0, 0.05) is 18.2 Å². The molecule has 3 rings (SSSR count). The maximum Gasteiger partial charge on any atom is 0.272 e. The number of nitro benzene ring substituents is 1. The minimum absolute atomic E-state index is 0.000871. The lowest BCUT2D eigenvalue weighted by Crippen LogP contribution is -2.15. The number of carbonyl (C=O) groups is 1. The van der Waals surface area contributed by atoms with E-state index in [-0.39, 0.29) is 5.69 Å². The second-order valence-electron chi connectivity index (χ2n) is 5.78. The highest BCUT2D eigenvalue weighted by Gasteiger charge is 2.07. The van der Waals surface area contributed by atoms with Crippen LogP contribution in [0.25, 0.3) is 16.3 Å². The van der Waals surface area contributed by atoms with Crippen molar-refractivity contribution >= 4 is 39.2 Å². The number of fused-ring (bicyclic) bond motifs is 1. The molecule has 0 saturated heterocycles. The summed E-state index contributed by atoms with van der Waals surface area (Å²) in [5.74, 6) is 2.16. The Morgan fingerprint density at radius 2 is 2.07 bits per heavy atom. The van der Waals surface area contributed by atoms with E-state index in [0.29, 0.717) is 16.9 Å². The molecule has 0 aliphatic rings. The number of aromatic nitrogens is 1. The number of thiazole rings is 1. The van der Waals surface area contributed by atoms with Crippen molar-refractivity contribution in [2.75, 3.05) is 0 Å². The van der Waals surface area contributed by atoms with E-state index in [2.05, 4.69) is 10.9 Å². The van der Waals surface area contributed by atoms with Crippen LogP contribution in [0.2, 0.25) is 0 Å². The second-order valence-corrected chi connectivity index (χ2v) is 6.79. The van der Waals surface area contributed by atoms with Gasteiger partial charge in [-0.3, -0.25) is 14.9 Å². The first-order valence-corrected chi connectivity index (χ1v) is 8.84. The summed E-state index contributed by atoms with van der Waals surface area (Å²) < 4.78 is 2.84. The third-order valence-corrected chi connectivity index (χ3v) is 4.86. The number of terminal acetylenes is 1. The van der Waals surface area contributed by atoms with Gasteiger partial charge in [-0.1, -0.05) is 23.3 Å². The molecule has 134 valence electrons. The molecule has 0 spiro atoms. The van der Waals surface area contributed by atoms with Gasteiger partial charge in [-0.05, 0) is 48.4 Å². The van der Waals surface area contributed by atoms with Crippen LogP contribution in [0.15, 0.2) is 53.5 Å². The monoisotopic (exact) mass is 377 g/mol. The minimum atomic E-state index is -0.471. The predicted molar refractivity (Wildman–Crippen MR) is 106 cm³/mol. The number of benzene rings is 2. The van der Waals surface area contributed by atoms with E-state index in [9.17, 15) is 14.9 Å². The van der Waals surface area contributed by atoms with Gasteiger partial charge in [-0.2, -0.15) is 4.99 Å². The quantitative estimate of drug-likeness (QED) is 0.301. The molecule has 0 N–H and O–H groups in total. The van der Waals surface area contributed by atoms with Crippen molar-refractivity contribution in [3.63, 3.8) is 0 Å². The normalized spacial score (nSPS) is 11.8. The molecule has 0 aliphatic carbocycles. The molecule has 1 heterocycles. The van der Waals surface area contributed by atoms with E-state index in [1.54, 1.807) is 18.2 Å². The van der Waals surface area contributed by atoms with Gasteiger partial charge >= 0.3 is 0 Å². The largest absolute Gasteiger partial charge is 0.305 e. The third kappa shape index (κ3) is 4.19. The van der Waals surface area contributed by atoms with E-state index in [4.69, 9.17) is 6.42 Å². The SMILES string of the molecule is C#CCn1c(=NC(=O)C=Cc2ccc([N+](=O)[O-])cc2)sc2cc(C)ccc21. The number of hydrogen-bond donors (Lipinski definition) is 0. The standard InChI is InChI=1S/C20H15N3O3S/c1-3-12-22-17-10-4-14(2)13-18(17)27-20(22)21-19(24)11-7-15-5-8-16(9-6-15)23(25)26/h1,4-11,13H,12H2,2H3. The highest BCUT2D eigenvalue weighted by Crippen LogP contribution is 2.19. The van der Waals surface area contributed by atoms with Crippen LogP contribution in [0.3, 0.4) is 0 Å². The Hall–Kier alpha value is -3.50. The van der Waals surface area contributed by atoms with Crippen LogP contribution in [0, 0.1) is 29.4 Å². The molecule has 0 aliphatic heterocycles. The molecule has 0 radical (unpaired) electrons. The first-order chi connectivity index (χ1) is 13.0. The molecular weight excluding hydrogens is 362 g/mol. The van der Waals surface area contributed by atoms with Gasteiger partial charge in [-0.15, -0.1) is 6.42 Å². The fraction of sp³-hybridized carbons (Fsp3) is 0.100. The summed E-state index contributed by atoms with van der Waals surface area (Å²) in [4.78, 5) is 27.1. The molecule has 0 bridgehead atoms. The Bertz CT molecular complexity index is 1160. The maximum absolute atomic E-state index is 12.2. The number of rotatable bonds is 4. The number of aryl methyl sites for hydroxylation is 1. The first kappa shape index (κ1) is 18.3. The van der Waals surface area contributed by atoms with Gasteiger partial charge in [-0.25, -0.2) is 0 Å². The number of hydrogen-bond acceptors (Lipinski definition) is 4. The molecule has 6 nitrogen and oxygen atoms in total. The van der Waals surface area contributed by atoms with E-state index < -0.39 is 10.8 Å². The van der Waals surface area contributed by atoms with Crippen LogP contribution < -0.4 is 4.80 Å². The van der Waals surface area contributed by atoms with Gasteiger partial charge in [0.1, 0.15) is 0 Å². The molecular formula is C20H15N3O3S. The average molecular weight is 377 g/mol. The van der Waals surface area contributed by atoms with Crippen LogP contribution in [-0.4, -0.2) is 15.4 Å². The van der Waals surface area contributed by atoms with Crippen molar-refractivity contribution in [3.8, 4) is 12.3 Å². The predicted octanol–water partition coefficient (Wildman–Crippen LogP) is 3.69. The van der Waals surface area contributed by atoms with Crippen molar-refractivity contribution in [1.29, 1.82) is 0 Å². The van der Waals surface area contributed by atoms with Crippen LogP contribution in [0.4, 0.5) is 5.69 Å². The number of amides is 1. The van der Waals surface area contributed by atoms with Gasteiger partial charge < -0.3 is 4.57 Å². The maximum atomic E-state index is 12.2. The number of carbonyl (C=O) groups excluding carboxylic acids is 1. The zero-order chi connectivity index (χ0) is 19.4. The lowest BCUT2D eigenvalue weighted by atomic mass is 10.2. The van der Waals surface area contributed by atoms with Gasteiger partial charge in [0.05, 0.1) is 21.7 Å². The van der Waals surface area contributed by atoms with Crippen LogP contribution in [-0.2, 0) is 11.3 Å². The van der Waals surface area contributed by atoms with Crippen molar-refractivity contribution in [2.45, 2.75) is 13.5 Å². The zero-order valence-corrected chi connectivity index (χ0v) is 15.3. The lowest BCUT2D eigenvalue weighted by molar-refractivity contribution is -0.384. The summed E-state index contributed by atoms with van der Waals surface area (Å²) in [5, 5.41) is 10.7. The average Bonchev–Trinajstić information content (AvgIpc) is 2.97. The third-order valence-electron chi connectivity index (χ3n) is 3.82. The number of nitrogens with zero attached hydrogens (tertiary/aromatic N) is 3. The lowest BCUT2D eigenvalue weighted by Gasteiger charge is -1.99. The van der Waals surface area contributed by atoms with E-state index in [1.807, 2.05) is 29.7 Å². The zero-order valence-electron chi connectivity index (χ0n) is 14.5. The van der Waals surface area contributed by atoms with Crippen LogP contribution in [0.5, 0.6) is 0 Å². The summed E-state index contributed by atoms with van der Waals surface area (Å²) in [7, 11) is 0. The highest BCUT2D eigenvalue weighted by atomic mass is 32.1. The fourth-order valence-electron chi connectivity index (χ4n) is 2.52. The Balaban J connectivity index is 1.91. The van der Waals surface area contributed by atoms with Crippen molar-refractivity contribution in [2.24, 2.45) is 4.99 Å². The Morgan fingerprint density at radius 1 is 1.33 bits per heavy atom. The number of nitro groups is 1. The summed E-state index contributed by atoms with van der Waals surface area (Å²) in [6.07, 6.45) is 8.35. The Kier molecular flexibility index (Phi) is 5.29. The molecule has 1 amide bonds. The van der Waals surface area contributed by atoms with Crippen molar-refractivity contribution in [1.82, 2.24) is 4.57 Å². The molecule has 7 heteroatoms. The molecule has 0 saturated carbocycles. The van der Waals surface area contributed by atoms with E-state index in [1.165, 1.54) is 29.5 Å². The highest BCUT2D eigenvalue weighted by molar-refractivity contribution is 7.16. The molecule has 0 atom stereocenters. The Morgan fingerprint density at radius 3 is 2.74 bits per heavy atom. The first-order valence-electron chi connectivity index (χ1n) is 8.02. The smallest absolute Gasteiger partial charge is 0.272 e. The van der Waals surface area contributed by atoms with Crippen molar-refractivity contribution in [3.05, 3.63) is 74.6 Å². The fourth-order valence-corrected chi connectivity index (χ4v) is 3.65. The topological polar surface area (TPSA) is 77.5 Å². The molecule has 0 unspecified atom stereocenters. The summed E-state index contributed by atoms with van der Waals surface area (Å²) in [5.41, 5.74) is 2.73.